The summed E-state index contributed by atoms with van der Waals surface area (Å²) in [6.45, 7) is 5.02. The second kappa shape index (κ2) is 5.28. The van der Waals surface area contributed by atoms with Crippen LogP contribution in [-0.2, 0) is 4.79 Å². The van der Waals surface area contributed by atoms with Gasteiger partial charge in [0.2, 0.25) is 0 Å². The number of carboxylic acid groups (broad SMARTS) is 1. The van der Waals surface area contributed by atoms with E-state index in [2.05, 4.69) is 10.2 Å². The van der Waals surface area contributed by atoms with Crippen molar-refractivity contribution in [2.24, 2.45) is 0 Å². The number of carbonyl (C=O) groups excluding carboxylic acids is 1. The van der Waals surface area contributed by atoms with Crippen LogP contribution in [0.5, 0.6) is 0 Å². The average molecular weight is 276 g/mol. The highest BCUT2D eigenvalue weighted by atomic mass is 16.4. The van der Waals surface area contributed by atoms with Gasteiger partial charge in [0.15, 0.2) is 5.65 Å². The van der Waals surface area contributed by atoms with Crippen LogP contribution in [-0.4, -0.2) is 49.1 Å². The molecule has 1 N–H and O–H groups in total. The van der Waals surface area contributed by atoms with Crippen molar-refractivity contribution in [3.8, 4) is 0 Å². The molecular formula is C13H16N4O3. The van der Waals surface area contributed by atoms with E-state index in [1.165, 1.54) is 4.90 Å². The molecule has 0 radical (unpaired) electrons. The van der Waals surface area contributed by atoms with Crippen molar-refractivity contribution < 1.29 is 14.7 Å². The summed E-state index contributed by atoms with van der Waals surface area (Å²) in [6.07, 6.45) is 1.63. The van der Waals surface area contributed by atoms with E-state index in [4.69, 9.17) is 5.11 Å². The van der Waals surface area contributed by atoms with Gasteiger partial charge in [-0.2, -0.15) is 0 Å². The summed E-state index contributed by atoms with van der Waals surface area (Å²) in [5, 5.41) is 16.8. The van der Waals surface area contributed by atoms with Gasteiger partial charge < -0.3 is 10.0 Å². The number of carbonyl (C=O) groups is 2. The molecule has 2 rings (SSSR count). The predicted molar refractivity (Wildman–Crippen MR) is 71.5 cm³/mol. The Morgan fingerprint density at radius 1 is 1.35 bits per heavy atom. The number of fused-ring (bicyclic) bond motifs is 1. The lowest BCUT2D eigenvalue weighted by atomic mass is 10.2. The molecule has 0 fully saturated rings. The van der Waals surface area contributed by atoms with Crippen LogP contribution in [0, 0.1) is 6.92 Å². The minimum absolute atomic E-state index is 0.198. The zero-order chi connectivity index (χ0) is 14.9. The Kier molecular flexibility index (Phi) is 3.69. The lowest BCUT2D eigenvalue weighted by Crippen LogP contribution is -2.40. The second-order valence-electron chi connectivity index (χ2n) is 4.81. The lowest BCUT2D eigenvalue weighted by molar-refractivity contribution is -0.138. The fraction of sp³-hybridized carbons (Fsp3) is 0.385. The third-order valence-corrected chi connectivity index (χ3v) is 3.01. The van der Waals surface area contributed by atoms with E-state index in [1.54, 1.807) is 43.5 Å². The molecule has 7 heteroatoms. The molecule has 0 atom stereocenters. The van der Waals surface area contributed by atoms with Gasteiger partial charge >= 0.3 is 5.97 Å². The fourth-order valence-corrected chi connectivity index (χ4v) is 1.93. The van der Waals surface area contributed by atoms with Gasteiger partial charge in [-0.25, -0.2) is 0 Å². The largest absolute Gasteiger partial charge is 0.480 e. The van der Waals surface area contributed by atoms with Crippen LogP contribution < -0.4 is 0 Å². The van der Waals surface area contributed by atoms with Crippen molar-refractivity contribution >= 4 is 17.5 Å². The number of hydrogen-bond donors (Lipinski definition) is 1. The van der Waals surface area contributed by atoms with Crippen molar-refractivity contribution in [1.29, 1.82) is 0 Å². The van der Waals surface area contributed by atoms with E-state index >= 15 is 0 Å². The highest BCUT2D eigenvalue weighted by Gasteiger charge is 2.21. The first-order valence-corrected chi connectivity index (χ1v) is 6.24. The van der Waals surface area contributed by atoms with Gasteiger partial charge in [-0.15, -0.1) is 10.2 Å². The molecular weight excluding hydrogens is 260 g/mol. The van der Waals surface area contributed by atoms with Crippen LogP contribution >= 0.6 is 0 Å². The van der Waals surface area contributed by atoms with Crippen LogP contribution in [0.3, 0.4) is 0 Å². The number of aliphatic carboxylic acids is 1. The molecule has 0 unspecified atom stereocenters. The van der Waals surface area contributed by atoms with Gasteiger partial charge in [-0.1, -0.05) is 0 Å². The maximum absolute atomic E-state index is 12.4. The van der Waals surface area contributed by atoms with Crippen LogP contribution in [0.4, 0.5) is 0 Å². The molecule has 0 spiro atoms. The number of nitrogens with zero attached hydrogens (tertiary/aromatic N) is 4. The molecule has 0 bridgehead atoms. The number of carboxylic acids is 1. The number of aromatic nitrogens is 3. The normalized spacial score (nSPS) is 11.0. The summed E-state index contributed by atoms with van der Waals surface area (Å²) < 4.78 is 1.70. The molecule has 20 heavy (non-hydrogen) atoms. The summed E-state index contributed by atoms with van der Waals surface area (Å²) >= 11 is 0. The minimum atomic E-state index is -1.03. The van der Waals surface area contributed by atoms with E-state index in [9.17, 15) is 9.59 Å². The van der Waals surface area contributed by atoms with Crippen molar-refractivity contribution in [3.63, 3.8) is 0 Å². The van der Waals surface area contributed by atoms with Gasteiger partial charge in [-0.3, -0.25) is 14.0 Å². The average Bonchev–Trinajstić information content (AvgIpc) is 2.76. The third kappa shape index (κ3) is 2.61. The predicted octanol–water partition coefficient (Wildman–Crippen LogP) is 0.973. The maximum Gasteiger partial charge on any atom is 0.323 e. The summed E-state index contributed by atoms with van der Waals surface area (Å²) in [6, 6.07) is 3.12. The van der Waals surface area contributed by atoms with Crippen LogP contribution in [0.15, 0.2) is 18.3 Å². The summed E-state index contributed by atoms with van der Waals surface area (Å²) in [5.74, 6) is -0.685. The number of pyridine rings is 1. The van der Waals surface area contributed by atoms with Crippen LogP contribution in [0.2, 0.25) is 0 Å². The van der Waals surface area contributed by atoms with Crippen molar-refractivity contribution in [3.05, 3.63) is 29.7 Å². The molecule has 0 aromatic carbocycles. The van der Waals surface area contributed by atoms with Crippen LogP contribution in [0.25, 0.3) is 5.65 Å². The maximum atomic E-state index is 12.4. The Balaban J connectivity index is 2.37. The molecule has 0 aliphatic carbocycles. The highest BCUT2D eigenvalue weighted by molar-refractivity contribution is 5.96. The standard InChI is InChI=1S/C13H16N4O3/c1-8(2)16(7-12(18)19)13(20)10-4-5-11-15-14-9(3)17(11)6-10/h4-6,8H,7H2,1-3H3,(H,18,19). The van der Waals surface area contributed by atoms with E-state index in [0.29, 0.717) is 17.0 Å². The van der Waals surface area contributed by atoms with Crippen molar-refractivity contribution in [2.45, 2.75) is 26.8 Å². The van der Waals surface area contributed by atoms with E-state index < -0.39 is 5.97 Å². The van der Waals surface area contributed by atoms with Crippen LogP contribution in [0.1, 0.15) is 30.0 Å². The van der Waals surface area contributed by atoms with E-state index in [0.717, 1.165) is 0 Å². The van der Waals surface area contributed by atoms with Gasteiger partial charge in [0.05, 0.1) is 5.56 Å². The number of rotatable bonds is 4. The summed E-state index contributed by atoms with van der Waals surface area (Å²) in [7, 11) is 0. The number of amides is 1. The molecule has 0 saturated carbocycles. The van der Waals surface area contributed by atoms with Gasteiger partial charge in [0, 0.05) is 12.2 Å². The Hall–Kier alpha value is -2.44. The van der Waals surface area contributed by atoms with Gasteiger partial charge in [0.25, 0.3) is 5.91 Å². The summed E-state index contributed by atoms with van der Waals surface area (Å²) in [4.78, 5) is 24.6. The first kappa shape index (κ1) is 14.0. The van der Waals surface area contributed by atoms with Crippen molar-refractivity contribution in [1.82, 2.24) is 19.5 Å². The SMILES string of the molecule is Cc1nnc2ccc(C(=O)N(CC(=O)O)C(C)C)cn12. The third-order valence-electron chi connectivity index (χ3n) is 3.01. The van der Waals surface area contributed by atoms with Gasteiger partial charge in [0.1, 0.15) is 12.4 Å². The Morgan fingerprint density at radius 3 is 2.65 bits per heavy atom. The Bertz CT molecular complexity index is 663. The first-order chi connectivity index (χ1) is 9.40. The molecule has 106 valence electrons. The number of hydrogen-bond acceptors (Lipinski definition) is 4. The topological polar surface area (TPSA) is 87.8 Å². The molecule has 0 saturated heterocycles. The first-order valence-electron chi connectivity index (χ1n) is 6.24. The van der Waals surface area contributed by atoms with Gasteiger partial charge in [-0.05, 0) is 32.9 Å². The zero-order valence-electron chi connectivity index (χ0n) is 11.6. The second-order valence-corrected chi connectivity index (χ2v) is 4.81. The molecule has 2 heterocycles. The molecule has 2 aromatic heterocycles. The summed E-state index contributed by atoms with van der Waals surface area (Å²) in [5.41, 5.74) is 1.06. The fourth-order valence-electron chi connectivity index (χ4n) is 1.93. The molecule has 1 amide bonds. The quantitative estimate of drug-likeness (QED) is 0.899. The zero-order valence-corrected chi connectivity index (χ0v) is 11.6. The molecule has 2 aromatic rings. The minimum Gasteiger partial charge on any atom is -0.480 e. The molecule has 7 nitrogen and oxygen atoms in total. The number of aryl methyl sites for hydroxylation is 1. The smallest absolute Gasteiger partial charge is 0.323 e. The van der Waals surface area contributed by atoms with E-state index in [-0.39, 0.29) is 18.5 Å². The highest BCUT2D eigenvalue weighted by Crippen LogP contribution is 2.11. The Morgan fingerprint density at radius 2 is 2.05 bits per heavy atom. The monoisotopic (exact) mass is 276 g/mol. The van der Waals surface area contributed by atoms with E-state index in [1.807, 2.05) is 0 Å². The Labute approximate surface area is 115 Å². The molecule has 0 aliphatic heterocycles. The lowest BCUT2D eigenvalue weighted by Gasteiger charge is -2.24. The molecule has 0 aliphatic rings. The van der Waals surface area contributed by atoms with Crippen molar-refractivity contribution in [2.75, 3.05) is 6.54 Å².